The summed E-state index contributed by atoms with van der Waals surface area (Å²) in [5, 5.41) is 181. The minimum absolute atomic E-state index is 0.0587. The molecule has 4 aliphatic carbocycles. The van der Waals surface area contributed by atoms with E-state index in [0.29, 0.717) is 63.4 Å². The van der Waals surface area contributed by atoms with Gasteiger partial charge in [-0.15, -0.1) is 0 Å². The maximum absolute atomic E-state index is 15.2. The first-order valence-corrected chi connectivity index (χ1v) is 26.9. The summed E-state index contributed by atoms with van der Waals surface area (Å²) in [6.07, 6.45) is -40.0. The summed E-state index contributed by atoms with van der Waals surface area (Å²) in [6.45, 7) is 4.24. The Hall–Kier alpha value is -1.83. The van der Waals surface area contributed by atoms with Gasteiger partial charge in [0.2, 0.25) is 6.29 Å². The molecule has 5 saturated heterocycles. The summed E-state index contributed by atoms with van der Waals surface area (Å²) in [4.78, 5) is 15.2. The first-order valence-electron chi connectivity index (χ1n) is 26.9. The lowest BCUT2D eigenvalue weighted by Gasteiger charge is -2.64. The van der Waals surface area contributed by atoms with E-state index in [1.165, 1.54) is 0 Å². The van der Waals surface area contributed by atoms with Crippen LogP contribution in [0.2, 0.25) is 0 Å². The van der Waals surface area contributed by atoms with Crippen molar-refractivity contribution in [3.63, 3.8) is 0 Å². The number of carbonyl (C=O) groups excluding carboxylic acids is 1. The normalized spacial score (nSPS) is 54.5. The maximum Gasteiger partial charge on any atom is 0.314 e. The molecule has 28 heteroatoms. The fourth-order valence-electron chi connectivity index (χ4n) is 15.0. The van der Waals surface area contributed by atoms with E-state index >= 15 is 4.79 Å². The number of aliphatic hydroxyl groups excluding tert-OH is 17. The molecule has 0 aromatic heterocycles. The molecule has 0 amide bonds. The fourth-order valence-corrected chi connectivity index (χ4v) is 15.0. The molecule has 2 bridgehead atoms. The molecule has 4 saturated carbocycles. The second kappa shape index (κ2) is 23.3. The number of ether oxygens (including phenoxy) is 10. The quantitative estimate of drug-likeness (QED) is 0.0411. The van der Waals surface area contributed by atoms with E-state index in [1.807, 2.05) is 0 Å². The van der Waals surface area contributed by atoms with Crippen molar-refractivity contribution < 1.29 is 139 Å². The van der Waals surface area contributed by atoms with Crippen LogP contribution in [0.25, 0.3) is 0 Å². The first kappa shape index (κ1) is 60.8. The average molecular weight is 1130 g/mol. The van der Waals surface area contributed by atoms with Gasteiger partial charge in [0, 0.05) is 0 Å². The highest BCUT2D eigenvalue weighted by atomic mass is 16.8. The number of aliphatic hydroxyl groups is 17. The molecular formula is C50H80O28. The van der Waals surface area contributed by atoms with Crippen molar-refractivity contribution in [3.05, 3.63) is 12.2 Å². The average Bonchev–Trinajstić information content (AvgIpc) is 3.28. The highest BCUT2D eigenvalue weighted by Crippen LogP contribution is 2.74. The van der Waals surface area contributed by atoms with Crippen molar-refractivity contribution in [2.45, 2.75) is 231 Å². The Balaban J connectivity index is 0.966. The van der Waals surface area contributed by atoms with Crippen LogP contribution in [0.4, 0.5) is 0 Å². The molecule has 1 spiro atoms. The zero-order valence-electron chi connectivity index (χ0n) is 43.3. The zero-order chi connectivity index (χ0) is 56.7. The molecule has 9 aliphatic rings. The van der Waals surface area contributed by atoms with E-state index in [4.69, 9.17) is 47.4 Å². The van der Waals surface area contributed by atoms with E-state index in [1.54, 1.807) is 6.92 Å². The predicted molar refractivity (Wildman–Crippen MR) is 252 cm³/mol. The van der Waals surface area contributed by atoms with Crippen molar-refractivity contribution in [3.8, 4) is 0 Å². The zero-order valence-corrected chi connectivity index (χ0v) is 43.3. The second-order valence-electron chi connectivity index (χ2n) is 23.6. The van der Waals surface area contributed by atoms with Crippen LogP contribution in [0.3, 0.4) is 0 Å². The molecule has 9 rings (SSSR count). The van der Waals surface area contributed by atoms with Crippen LogP contribution in [0.1, 0.15) is 71.6 Å². The van der Waals surface area contributed by atoms with Gasteiger partial charge < -0.3 is 134 Å². The molecule has 5 aliphatic heterocycles. The highest BCUT2D eigenvalue weighted by Gasteiger charge is 2.70. The smallest absolute Gasteiger partial charge is 0.314 e. The van der Waals surface area contributed by atoms with Gasteiger partial charge in [-0.3, -0.25) is 4.79 Å². The van der Waals surface area contributed by atoms with Crippen LogP contribution in [0.15, 0.2) is 12.2 Å². The lowest BCUT2D eigenvalue weighted by Crippen LogP contribution is -2.67. The topological polar surface area (TPSA) is 453 Å². The second-order valence-corrected chi connectivity index (χ2v) is 23.6. The van der Waals surface area contributed by atoms with E-state index in [9.17, 15) is 86.8 Å². The number of rotatable bonds is 15. The Labute approximate surface area is 448 Å². The van der Waals surface area contributed by atoms with Gasteiger partial charge in [-0.1, -0.05) is 19.9 Å². The van der Waals surface area contributed by atoms with Gasteiger partial charge >= 0.3 is 5.97 Å². The minimum Gasteiger partial charge on any atom is -0.432 e. The lowest BCUT2D eigenvalue weighted by atomic mass is 9.41. The molecular weight excluding hydrogens is 1050 g/mol. The van der Waals surface area contributed by atoms with Crippen molar-refractivity contribution in [1.82, 2.24) is 0 Å². The maximum atomic E-state index is 15.2. The third kappa shape index (κ3) is 10.3. The molecule has 448 valence electrons. The van der Waals surface area contributed by atoms with Gasteiger partial charge in [-0.05, 0) is 86.5 Å². The molecule has 17 N–H and O–H groups in total. The molecule has 28 nitrogen and oxygen atoms in total. The standard InChI is InChI=1S/C50H80O28/c1-18-11-49-9-5-24-47(2,25(49)6-10-50(18,17-49)78-45-39(34(64)29(59)22(15-54)73-45)75-42-36(66)32(62)27(57)20(13-52)70-42)7-4-8-48(24,3)46(68)77-44-40(76-43-37(67)33(63)28(58)21(14-53)71-43)38(30(60)23(16-55)72-44)74-41-35(65)31(61)26(56)19(12-51)69-41/h19-45,51-67H,1,4-17H2,2-3H3/t19?,20?,21?,22?,23?,24-,25-,26?,27?,28?,29?,30?,31?,32?,33?,34?,35?,36?,37?,38?,39?,40?,41?,42?,43?,44?,45?,47+,48+,49+,50?/m0/s1. The van der Waals surface area contributed by atoms with Gasteiger partial charge in [-0.2, -0.15) is 0 Å². The minimum atomic E-state index is -2.05. The van der Waals surface area contributed by atoms with E-state index in [2.05, 4.69) is 13.5 Å². The summed E-state index contributed by atoms with van der Waals surface area (Å²) in [7, 11) is 0. The molecule has 0 radical (unpaired) electrons. The molecule has 26 unspecified atom stereocenters. The van der Waals surface area contributed by atoms with Crippen LogP contribution >= 0.6 is 0 Å². The number of hydrogen-bond donors (Lipinski definition) is 17. The Bertz CT molecular complexity index is 2070. The number of esters is 1. The summed E-state index contributed by atoms with van der Waals surface area (Å²) >= 11 is 0. The Morgan fingerprint density at radius 1 is 0.487 bits per heavy atom. The van der Waals surface area contributed by atoms with E-state index < -0.39 is 214 Å². The van der Waals surface area contributed by atoms with Gasteiger partial charge in [-0.25, -0.2) is 0 Å². The lowest BCUT2D eigenvalue weighted by molar-refractivity contribution is -0.389. The van der Waals surface area contributed by atoms with Gasteiger partial charge in [0.05, 0.1) is 44.1 Å². The molecule has 78 heavy (non-hydrogen) atoms. The SMILES string of the molecule is C=C1C[C@@]23CC[C@H]4[C@@](C)(CCC[C@@]4(C)C(=O)OC4OC(CO)C(O)C(OC5OC(CO)C(O)C(O)C5O)C4OC4OC(CO)C(O)C(O)C4O)[C@@H]2CCC1(OC1OC(CO)C(O)C(O)C1OC1OC(CO)C(O)C(O)C1O)C3. The third-order valence-corrected chi connectivity index (χ3v) is 19.2. The van der Waals surface area contributed by atoms with Crippen molar-refractivity contribution in [2.75, 3.05) is 33.0 Å². The first-order chi connectivity index (χ1) is 36.9. The Morgan fingerprint density at radius 3 is 1.41 bits per heavy atom. The van der Waals surface area contributed by atoms with Crippen LogP contribution in [-0.4, -0.2) is 285 Å². The molecule has 9 fully saturated rings. The van der Waals surface area contributed by atoms with Crippen molar-refractivity contribution >= 4 is 5.97 Å². The van der Waals surface area contributed by atoms with Gasteiger partial charge in [0.1, 0.15) is 116 Å². The van der Waals surface area contributed by atoms with Gasteiger partial charge in [0.25, 0.3) is 0 Å². The van der Waals surface area contributed by atoms with Crippen molar-refractivity contribution in [1.29, 1.82) is 0 Å². The highest BCUT2D eigenvalue weighted by molar-refractivity contribution is 5.77. The van der Waals surface area contributed by atoms with Crippen LogP contribution < -0.4 is 0 Å². The number of fused-ring (bicyclic) bond motifs is 3. The summed E-state index contributed by atoms with van der Waals surface area (Å²) in [6, 6.07) is 0. The largest absolute Gasteiger partial charge is 0.432 e. The fraction of sp³-hybridized carbons (Fsp3) is 0.940. The van der Waals surface area contributed by atoms with Crippen LogP contribution in [0.5, 0.6) is 0 Å². The predicted octanol–water partition coefficient (Wildman–Crippen LogP) is -7.29. The van der Waals surface area contributed by atoms with E-state index in [0.717, 1.165) is 0 Å². The van der Waals surface area contributed by atoms with E-state index in [-0.39, 0.29) is 11.8 Å². The summed E-state index contributed by atoms with van der Waals surface area (Å²) in [5.74, 6) is -1.22. The molecule has 0 aromatic carbocycles. The van der Waals surface area contributed by atoms with Crippen LogP contribution in [-0.2, 0) is 52.2 Å². The monoisotopic (exact) mass is 1130 g/mol. The number of carbonyl (C=O) groups is 1. The summed E-state index contributed by atoms with van der Waals surface area (Å²) < 4.78 is 60.1. The van der Waals surface area contributed by atoms with Crippen molar-refractivity contribution in [2.24, 2.45) is 28.1 Å². The van der Waals surface area contributed by atoms with Gasteiger partial charge in [0.15, 0.2) is 31.3 Å². The molecule has 0 aromatic rings. The Kier molecular flexibility index (Phi) is 18.2. The molecule has 5 heterocycles. The number of hydrogen-bond acceptors (Lipinski definition) is 28. The van der Waals surface area contributed by atoms with Crippen LogP contribution in [0, 0.1) is 28.1 Å². The Morgan fingerprint density at radius 2 is 0.910 bits per heavy atom. The summed E-state index contributed by atoms with van der Waals surface area (Å²) in [5.41, 5.74) is -2.71. The third-order valence-electron chi connectivity index (χ3n) is 19.2. The molecule has 31 atom stereocenters.